The van der Waals surface area contributed by atoms with Gasteiger partial charge in [-0.2, -0.15) is 0 Å². The summed E-state index contributed by atoms with van der Waals surface area (Å²) >= 11 is 0. The van der Waals surface area contributed by atoms with Crippen molar-refractivity contribution in [1.82, 2.24) is 4.72 Å². The van der Waals surface area contributed by atoms with Gasteiger partial charge in [-0.25, -0.2) is 8.42 Å². The number of carbonyl (C=O) groups excluding carboxylic acids is 1. The van der Waals surface area contributed by atoms with Gasteiger partial charge >= 0.3 is 0 Å². The summed E-state index contributed by atoms with van der Waals surface area (Å²) in [5, 5.41) is -0.596. The fraction of sp³-hybridized carbons (Fsp3) is 0.909. The summed E-state index contributed by atoms with van der Waals surface area (Å²) in [4.78, 5) is 12.0. The molecule has 2 rings (SSSR count). The molecule has 0 spiro atoms. The Kier molecular flexibility index (Phi) is 3.20. The molecule has 0 heterocycles. The van der Waals surface area contributed by atoms with E-state index in [-0.39, 0.29) is 17.9 Å². The van der Waals surface area contributed by atoms with Gasteiger partial charge in [-0.15, -0.1) is 0 Å². The molecular formula is C11H20N2O3S. The number of fused-ring (bicyclic) bond motifs is 2. The third kappa shape index (κ3) is 2.20. The van der Waals surface area contributed by atoms with E-state index in [2.05, 4.69) is 4.72 Å². The van der Waals surface area contributed by atoms with Gasteiger partial charge in [-0.05, 0) is 44.9 Å². The summed E-state index contributed by atoms with van der Waals surface area (Å²) in [6.45, 7) is 3.10. The SMILES string of the molecule is CC(C)S(=O)(=O)NC(=O)C1C2CCC(C2)C1N. The van der Waals surface area contributed by atoms with Gasteiger partial charge in [-0.3, -0.25) is 9.52 Å². The van der Waals surface area contributed by atoms with Crippen LogP contribution in [0.5, 0.6) is 0 Å². The van der Waals surface area contributed by atoms with Gasteiger partial charge in [0.1, 0.15) is 0 Å². The van der Waals surface area contributed by atoms with Gasteiger partial charge in [0.15, 0.2) is 0 Å². The highest BCUT2D eigenvalue weighted by atomic mass is 32.2. The van der Waals surface area contributed by atoms with Crippen LogP contribution in [-0.2, 0) is 14.8 Å². The molecule has 0 aromatic rings. The third-order valence-electron chi connectivity index (χ3n) is 4.15. The largest absolute Gasteiger partial charge is 0.327 e. The predicted octanol–water partition coefficient (Wildman–Crippen LogP) is 0.214. The van der Waals surface area contributed by atoms with Crippen LogP contribution in [0.2, 0.25) is 0 Å². The maximum atomic E-state index is 12.0. The first-order valence-corrected chi connectivity index (χ1v) is 7.68. The average molecular weight is 260 g/mol. The lowest BCUT2D eigenvalue weighted by Crippen LogP contribution is -2.48. The average Bonchev–Trinajstić information content (AvgIpc) is 2.76. The molecule has 0 saturated heterocycles. The minimum absolute atomic E-state index is 0.170. The second kappa shape index (κ2) is 4.24. The smallest absolute Gasteiger partial charge is 0.238 e. The normalized spacial score (nSPS) is 36.5. The van der Waals surface area contributed by atoms with Crippen LogP contribution < -0.4 is 10.5 Å². The molecule has 0 radical (unpaired) electrons. The zero-order valence-corrected chi connectivity index (χ0v) is 11.0. The first-order valence-electron chi connectivity index (χ1n) is 6.14. The summed E-state index contributed by atoms with van der Waals surface area (Å²) in [6, 6.07) is -0.170. The maximum Gasteiger partial charge on any atom is 0.238 e. The minimum atomic E-state index is -3.53. The summed E-state index contributed by atoms with van der Waals surface area (Å²) in [5.74, 6) is -0.0458. The monoisotopic (exact) mass is 260 g/mol. The molecular weight excluding hydrogens is 240 g/mol. The van der Waals surface area contributed by atoms with E-state index in [4.69, 9.17) is 5.73 Å². The van der Waals surface area contributed by atoms with Crippen LogP contribution in [0.4, 0.5) is 0 Å². The van der Waals surface area contributed by atoms with Gasteiger partial charge in [0.05, 0.1) is 11.2 Å². The van der Waals surface area contributed by atoms with Crippen molar-refractivity contribution in [2.45, 2.75) is 44.4 Å². The molecule has 2 fully saturated rings. The molecule has 2 bridgehead atoms. The standard InChI is InChI=1S/C11H20N2O3S/c1-6(2)17(15,16)13-11(14)9-7-3-4-8(5-7)10(9)12/h6-10H,3-5,12H2,1-2H3,(H,13,14). The molecule has 1 amide bonds. The molecule has 17 heavy (non-hydrogen) atoms. The minimum Gasteiger partial charge on any atom is -0.327 e. The van der Waals surface area contributed by atoms with E-state index in [0.29, 0.717) is 5.92 Å². The number of hydrogen-bond acceptors (Lipinski definition) is 4. The number of carbonyl (C=O) groups is 1. The van der Waals surface area contributed by atoms with Crippen molar-refractivity contribution in [3.8, 4) is 0 Å². The van der Waals surface area contributed by atoms with Crippen molar-refractivity contribution in [1.29, 1.82) is 0 Å². The summed E-state index contributed by atoms with van der Waals surface area (Å²) in [6.07, 6.45) is 3.05. The Labute approximate surface area is 102 Å². The number of amides is 1. The van der Waals surface area contributed by atoms with E-state index < -0.39 is 21.2 Å². The number of rotatable bonds is 3. The molecule has 0 aromatic heterocycles. The summed E-state index contributed by atoms with van der Waals surface area (Å²) in [7, 11) is -3.53. The highest BCUT2D eigenvalue weighted by Gasteiger charge is 2.49. The molecule has 98 valence electrons. The highest BCUT2D eigenvalue weighted by molar-refractivity contribution is 7.90. The second-order valence-corrected chi connectivity index (χ2v) is 7.73. The molecule has 4 atom stereocenters. The van der Waals surface area contributed by atoms with E-state index in [1.54, 1.807) is 13.8 Å². The van der Waals surface area contributed by atoms with Gasteiger partial charge in [-0.1, -0.05) is 0 Å². The maximum absolute atomic E-state index is 12.0. The number of nitrogens with two attached hydrogens (primary N) is 1. The van der Waals surface area contributed by atoms with Crippen LogP contribution in [0, 0.1) is 17.8 Å². The molecule has 0 aromatic carbocycles. The predicted molar refractivity (Wildman–Crippen MR) is 64.5 cm³/mol. The molecule has 5 nitrogen and oxygen atoms in total. The Balaban J connectivity index is 2.07. The van der Waals surface area contributed by atoms with Gasteiger partial charge < -0.3 is 5.73 Å². The number of sulfonamides is 1. The Hall–Kier alpha value is -0.620. The third-order valence-corrected chi connectivity index (χ3v) is 5.87. The van der Waals surface area contributed by atoms with Crippen LogP contribution in [0.3, 0.4) is 0 Å². The molecule has 3 N–H and O–H groups in total. The van der Waals surface area contributed by atoms with Crippen LogP contribution in [0.15, 0.2) is 0 Å². The van der Waals surface area contributed by atoms with Crippen LogP contribution in [0.25, 0.3) is 0 Å². The van der Waals surface area contributed by atoms with E-state index in [9.17, 15) is 13.2 Å². The molecule has 0 aliphatic heterocycles. The number of nitrogens with one attached hydrogen (secondary N) is 1. The topological polar surface area (TPSA) is 89.3 Å². The van der Waals surface area contributed by atoms with E-state index in [1.807, 2.05) is 0 Å². The Bertz CT molecular complexity index is 416. The fourth-order valence-electron chi connectivity index (χ4n) is 3.05. The van der Waals surface area contributed by atoms with Crippen molar-refractivity contribution in [2.75, 3.05) is 0 Å². The van der Waals surface area contributed by atoms with Crippen LogP contribution in [-0.4, -0.2) is 25.6 Å². The van der Waals surface area contributed by atoms with Crippen LogP contribution >= 0.6 is 0 Å². The van der Waals surface area contributed by atoms with Crippen molar-refractivity contribution in [3.05, 3.63) is 0 Å². The van der Waals surface area contributed by atoms with E-state index in [0.717, 1.165) is 19.3 Å². The molecule has 4 unspecified atom stereocenters. The highest BCUT2D eigenvalue weighted by Crippen LogP contribution is 2.47. The van der Waals surface area contributed by atoms with Crippen molar-refractivity contribution >= 4 is 15.9 Å². The lowest BCUT2D eigenvalue weighted by Gasteiger charge is -2.27. The van der Waals surface area contributed by atoms with Gasteiger partial charge in [0.2, 0.25) is 15.9 Å². The molecule has 2 aliphatic rings. The Morgan fingerprint density at radius 2 is 1.88 bits per heavy atom. The fourth-order valence-corrected chi connectivity index (χ4v) is 3.70. The molecule has 6 heteroatoms. The summed E-state index contributed by atoms with van der Waals surface area (Å²) < 4.78 is 25.4. The Morgan fingerprint density at radius 1 is 1.29 bits per heavy atom. The molecule has 2 saturated carbocycles. The summed E-state index contributed by atoms with van der Waals surface area (Å²) in [5.41, 5.74) is 6.00. The van der Waals surface area contributed by atoms with Crippen molar-refractivity contribution < 1.29 is 13.2 Å². The zero-order chi connectivity index (χ0) is 12.8. The quantitative estimate of drug-likeness (QED) is 0.759. The van der Waals surface area contributed by atoms with Gasteiger partial charge in [0.25, 0.3) is 0 Å². The number of hydrogen-bond donors (Lipinski definition) is 2. The second-order valence-electron chi connectivity index (χ2n) is 5.50. The van der Waals surface area contributed by atoms with Crippen LogP contribution in [0.1, 0.15) is 33.1 Å². The van der Waals surface area contributed by atoms with Crippen molar-refractivity contribution in [3.63, 3.8) is 0 Å². The lowest BCUT2D eigenvalue weighted by atomic mass is 9.84. The van der Waals surface area contributed by atoms with Crippen molar-refractivity contribution in [2.24, 2.45) is 23.5 Å². The lowest BCUT2D eigenvalue weighted by molar-refractivity contribution is -0.125. The van der Waals surface area contributed by atoms with E-state index >= 15 is 0 Å². The zero-order valence-electron chi connectivity index (χ0n) is 10.2. The molecule has 2 aliphatic carbocycles. The van der Waals surface area contributed by atoms with Gasteiger partial charge in [0, 0.05) is 6.04 Å². The first kappa shape index (κ1) is 12.8. The Morgan fingerprint density at radius 3 is 2.35 bits per heavy atom. The van der Waals surface area contributed by atoms with E-state index in [1.165, 1.54) is 0 Å². The first-order chi connectivity index (χ1) is 7.83.